The summed E-state index contributed by atoms with van der Waals surface area (Å²) in [6.45, 7) is 5.01. The minimum Gasteiger partial charge on any atom is -0.368 e. The average Bonchev–Trinajstić information content (AvgIpc) is 1.72. The highest BCUT2D eigenvalue weighted by atomic mass is 15.4. The number of hydrogen-bond donors (Lipinski definition) is 22. The van der Waals surface area contributed by atoms with E-state index in [1.807, 2.05) is 85.2 Å². The summed E-state index contributed by atoms with van der Waals surface area (Å²) in [6, 6.07) is 2.22. The largest absolute Gasteiger partial charge is 0.368 e. The van der Waals surface area contributed by atoms with Crippen LogP contribution in [-0.4, -0.2) is 249 Å². The molecule has 9 heterocycles. The molecule has 9 aromatic rings. The second-order valence-electron chi connectivity index (χ2n) is 37.1. The first kappa shape index (κ1) is 102. The summed E-state index contributed by atoms with van der Waals surface area (Å²) in [6.07, 6.45) is 58.6. The molecule has 0 aromatic carbocycles. The van der Waals surface area contributed by atoms with E-state index >= 15 is 0 Å². The van der Waals surface area contributed by atoms with E-state index in [-0.39, 0.29) is 0 Å². The predicted octanol–water partition coefficient (Wildman–Crippen LogP) is 13.4. The van der Waals surface area contributed by atoms with Crippen molar-refractivity contribution in [2.45, 2.75) is 307 Å². The van der Waals surface area contributed by atoms with Gasteiger partial charge in [0.15, 0.2) is 0 Å². The van der Waals surface area contributed by atoms with Crippen molar-refractivity contribution in [3.05, 3.63) is 0 Å². The lowest BCUT2D eigenvalue weighted by atomic mass is 9.89. The zero-order chi connectivity index (χ0) is 92.6. The Labute approximate surface area is 774 Å². The molecule has 18 rings (SSSR count). The fourth-order valence-electron chi connectivity index (χ4n) is 17.8. The van der Waals surface area contributed by atoms with Gasteiger partial charge >= 0.3 is 0 Å². The van der Waals surface area contributed by atoms with Crippen LogP contribution >= 0.6 is 0 Å². The molecule has 9 saturated carbocycles. The van der Waals surface area contributed by atoms with Gasteiger partial charge in [-0.3, -0.25) is 9.13 Å². The van der Waals surface area contributed by atoms with Crippen LogP contribution in [0.3, 0.4) is 0 Å². The van der Waals surface area contributed by atoms with Crippen LogP contribution in [0.15, 0.2) is 0 Å². The molecular formula is C86H163N45. The smallest absolute Gasteiger partial charge is 0.245 e. The van der Waals surface area contributed by atoms with Crippen LogP contribution in [0, 0.1) is 29.6 Å². The van der Waals surface area contributed by atoms with E-state index in [1.54, 1.807) is 9.13 Å². The standard InChI is InChI=1S/C11H21N5.4C10H19N5.3C9H17N5.C8H15N5/c1-16(2)11-13-10(14-15-11)12-8-9-6-4-3-5-7-9;1-15(2)10-12-9(13-14-10)11-7-8-5-3-4-6-8;1-15(2)10-12-9(13-14-10)11-8-6-4-3-5-7-8;1-15-9(11)13-14-10(15)12-7-8-5-3-2-4-6-8;1-11-9-13-10(15-14-9)12-7-8-5-3-2-4-6-8;1-14-8(10)12-13-9(14)11-7-5-3-2-4-6-7;1-10-8-12-9(14-13-8)11-7-5-3-2-4-6-7;10-8-12-9(14-13-8)11-6-7-4-2-1-3-5-7;9-7-11-8(13-12-7)10-6-4-2-1-3-5-6/h9H,3-8H2,1-2H3,(H2,12,13,14,15);2*8H,3-7H2,1-2H3,(H2,11,12,13,14);8H,2-7H2,1H3,(H2,11,13)(H,12,14);8H,2-7H2,1H3,(H3,11,12,13,14,15);7H,2-6H2,1H3,(H2,10,12)(H,11,13);7H,2-6H2,1H3,(H3,10,11,12,13,14);7H,1-6H2,(H4,10,11,12,13,14);6H,1-5H2,(H4,9,10,11,12,13). The molecule has 0 radical (unpaired) electrons. The van der Waals surface area contributed by atoms with E-state index in [2.05, 4.69) is 185 Å². The SMILES string of the molecule is CN(C)c1n[nH]c(NC2CCCCC2)n1.CN(C)c1n[nH]c(NCC2CCCC2)n1.CN(C)c1n[nH]c(NCC2CCCCC2)n1.CNc1n[nH]c(NC2CCCCC2)n1.CNc1n[nH]c(NCC2CCCCC2)n1.Cn1c(N)nnc1NC1CCCCC1.Cn1c(N)nnc1NCC1CCCCC1.Nc1nc(NC2CCCCC2)n[nH]1.Nc1nc(NCC2CCCCC2)n[nH]1. The van der Waals surface area contributed by atoms with Gasteiger partial charge in [0.2, 0.25) is 107 Å². The van der Waals surface area contributed by atoms with Crippen LogP contribution in [0.4, 0.5) is 107 Å². The lowest BCUT2D eigenvalue weighted by molar-refractivity contribution is 0.372. The maximum Gasteiger partial charge on any atom is 0.245 e. The molecule has 26 N–H and O–H groups in total. The molecule has 732 valence electrons. The van der Waals surface area contributed by atoms with Gasteiger partial charge in [-0.1, -0.05) is 167 Å². The Hall–Kier alpha value is -11.3. The second-order valence-corrected chi connectivity index (χ2v) is 37.1. The first-order valence-corrected chi connectivity index (χ1v) is 49.2. The lowest BCUT2D eigenvalue weighted by Crippen LogP contribution is -2.24. The predicted molar refractivity (Wildman–Crippen MR) is 529 cm³/mol. The number of hydrogen-bond acceptors (Lipinski definition) is 36. The minimum absolute atomic E-state index is 0.371. The quantitative estimate of drug-likeness (QED) is 0.0216. The Kier molecular flexibility index (Phi) is 44.3. The van der Waals surface area contributed by atoms with E-state index in [4.69, 9.17) is 22.9 Å². The fourth-order valence-corrected chi connectivity index (χ4v) is 17.8. The van der Waals surface area contributed by atoms with E-state index in [1.165, 1.54) is 283 Å². The highest BCUT2D eigenvalue weighted by molar-refractivity contribution is 5.40. The van der Waals surface area contributed by atoms with Crippen molar-refractivity contribution < 1.29 is 0 Å². The van der Waals surface area contributed by atoms with Gasteiger partial charge in [0.05, 0.1) is 0 Å². The maximum atomic E-state index is 5.60. The number of nitrogens with two attached hydrogens (primary N) is 4. The van der Waals surface area contributed by atoms with E-state index in [0.29, 0.717) is 71.8 Å². The van der Waals surface area contributed by atoms with Crippen LogP contribution in [-0.2, 0) is 14.1 Å². The number of nitrogens with one attached hydrogen (secondary N) is 18. The lowest BCUT2D eigenvalue weighted by Gasteiger charge is -2.22. The molecule has 0 aliphatic heterocycles. The van der Waals surface area contributed by atoms with Gasteiger partial charge in [0, 0.05) is 127 Å². The molecule has 0 amide bonds. The molecule has 0 spiro atoms. The Morgan fingerprint density at radius 3 is 0.863 bits per heavy atom. The summed E-state index contributed by atoms with van der Waals surface area (Å²) >= 11 is 0. The third-order valence-electron chi connectivity index (χ3n) is 25.8. The third kappa shape index (κ3) is 38.2. The van der Waals surface area contributed by atoms with Gasteiger partial charge in [0.1, 0.15) is 0 Å². The van der Waals surface area contributed by atoms with Crippen LogP contribution in [0.1, 0.15) is 283 Å². The Morgan fingerprint density at radius 2 is 0.534 bits per heavy atom. The first-order valence-electron chi connectivity index (χ1n) is 49.2. The number of nitrogens with zero attached hydrogens (tertiary/aromatic N) is 23. The van der Waals surface area contributed by atoms with Crippen molar-refractivity contribution in [2.75, 3.05) is 185 Å². The van der Waals surface area contributed by atoms with Gasteiger partial charge in [-0.05, 0) is 145 Å². The van der Waals surface area contributed by atoms with Gasteiger partial charge in [0.25, 0.3) is 0 Å². The van der Waals surface area contributed by atoms with Gasteiger partial charge in [-0.2, -0.15) is 34.9 Å². The molecule has 0 atom stereocenters. The zero-order valence-corrected chi connectivity index (χ0v) is 80.4. The number of aromatic nitrogens is 27. The van der Waals surface area contributed by atoms with E-state index < -0.39 is 0 Å². The summed E-state index contributed by atoms with van der Waals surface area (Å²) in [5.74, 6) is 15.9. The summed E-state index contributed by atoms with van der Waals surface area (Å²) in [5.41, 5.74) is 22.0. The number of nitrogen functional groups attached to an aromatic ring is 4. The molecular weight excluding hydrogens is 1660 g/mol. The average molecular weight is 1830 g/mol. The van der Waals surface area contributed by atoms with Gasteiger partial charge in [-0.25, -0.2) is 35.7 Å². The maximum absolute atomic E-state index is 5.60. The number of H-pyrrole nitrogens is 7. The Balaban J connectivity index is 0.000000153. The zero-order valence-electron chi connectivity index (χ0n) is 80.4. The highest BCUT2D eigenvalue weighted by Crippen LogP contribution is 2.31. The van der Waals surface area contributed by atoms with Crippen molar-refractivity contribution in [3.8, 4) is 0 Å². The number of aromatic amines is 7. The summed E-state index contributed by atoms with van der Waals surface area (Å²) in [7, 11) is 19.0. The van der Waals surface area contributed by atoms with Gasteiger partial charge < -0.3 is 96.1 Å². The van der Waals surface area contributed by atoms with Crippen molar-refractivity contribution in [1.29, 1.82) is 0 Å². The van der Waals surface area contributed by atoms with Crippen molar-refractivity contribution in [1.82, 2.24) is 136 Å². The Bertz CT molecular complexity index is 4370. The first-order chi connectivity index (χ1) is 63.8. The molecule has 131 heavy (non-hydrogen) atoms. The van der Waals surface area contributed by atoms with Crippen molar-refractivity contribution in [3.63, 3.8) is 0 Å². The summed E-state index contributed by atoms with van der Waals surface area (Å²) in [5, 5.41) is 99.1. The summed E-state index contributed by atoms with van der Waals surface area (Å²) < 4.78 is 3.57. The van der Waals surface area contributed by atoms with Crippen LogP contribution in [0.2, 0.25) is 0 Å². The van der Waals surface area contributed by atoms with E-state index in [0.717, 1.165) is 122 Å². The molecule has 9 fully saturated rings. The molecule has 9 aromatic heterocycles. The molecule has 45 nitrogen and oxygen atoms in total. The fraction of sp³-hybridized carbons (Fsp3) is 0.791. The van der Waals surface area contributed by atoms with Gasteiger partial charge in [-0.15, -0.1) is 56.1 Å². The summed E-state index contributed by atoms with van der Waals surface area (Å²) in [4.78, 5) is 35.1. The van der Waals surface area contributed by atoms with Crippen LogP contribution in [0.25, 0.3) is 0 Å². The molecule has 0 unspecified atom stereocenters. The molecule has 0 saturated heterocycles. The molecule has 9 aliphatic carbocycles. The van der Waals surface area contributed by atoms with E-state index in [9.17, 15) is 0 Å². The van der Waals surface area contributed by atoms with Crippen LogP contribution in [0.5, 0.6) is 0 Å². The normalized spacial score (nSPS) is 17.9. The minimum atomic E-state index is 0.371. The Morgan fingerprint density at radius 1 is 0.267 bits per heavy atom. The van der Waals surface area contributed by atoms with Crippen LogP contribution < -0.4 is 96.1 Å². The topological polar surface area (TPSA) is 599 Å². The van der Waals surface area contributed by atoms with Crippen molar-refractivity contribution >= 4 is 107 Å². The highest BCUT2D eigenvalue weighted by Gasteiger charge is 2.24. The third-order valence-corrected chi connectivity index (χ3v) is 25.8. The molecule has 0 bridgehead atoms. The molecule has 9 aliphatic rings. The number of rotatable bonds is 28. The van der Waals surface area contributed by atoms with Crippen molar-refractivity contribution in [2.24, 2.45) is 43.7 Å². The second kappa shape index (κ2) is 57.1. The molecule has 45 heteroatoms. The monoisotopic (exact) mass is 1830 g/mol. The number of anilines is 18.